The molecule has 1 aliphatic heterocycles. The summed E-state index contributed by atoms with van der Waals surface area (Å²) in [5.41, 5.74) is 3.23. The van der Waals surface area contributed by atoms with Crippen molar-refractivity contribution in [1.82, 2.24) is 0 Å². The molecule has 0 aliphatic carbocycles. The maximum Gasteiger partial charge on any atom is 0.255 e. The van der Waals surface area contributed by atoms with Crippen molar-refractivity contribution < 1.29 is 14.3 Å². The number of methoxy groups -OCH3 is 1. The van der Waals surface area contributed by atoms with Crippen LogP contribution in [0.4, 0.5) is 11.4 Å². The summed E-state index contributed by atoms with van der Waals surface area (Å²) in [5.74, 6) is 0.752. The zero-order chi connectivity index (χ0) is 22.9. The van der Waals surface area contributed by atoms with Gasteiger partial charge in [-0.1, -0.05) is 56.3 Å². The molecule has 1 N–H and O–H groups in total. The SMILES string of the molecule is COc1ccc(N2C(=O)CC2(C(=O)Nc2ccccc2C)c2ccc(C(C)C)cc2)cc1. The molecule has 4 rings (SSSR count). The first-order valence-electron chi connectivity index (χ1n) is 10.8. The van der Waals surface area contributed by atoms with Crippen LogP contribution in [0.1, 0.15) is 42.9 Å². The Morgan fingerprint density at radius 3 is 2.22 bits per heavy atom. The van der Waals surface area contributed by atoms with Crippen LogP contribution >= 0.6 is 0 Å². The Morgan fingerprint density at radius 1 is 1.00 bits per heavy atom. The molecule has 5 heteroatoms. The van der Waals surface area contributed by atoms with Crippen molar-refractivity contribution in [3.8, 4) is 5.75 Å². The number of amides is 2. The van der Waals surface area contributed by atoms with E-state index in [2.05, 4.69) is 19.2 Å². The quantitative estimate of drug-likeness (QED) is 0.535. The topological polar surface area (TPSA) is 58.6 Å². The third-order valence-electron chi connectivity index (χ3n) is 6.19. The number of rotatable bonds is 6. The number of nitrogens with one attached hydrogen (secondary N) is 1. The summed E-state index contributed by atoms with van der Waals surface area (Å²) >= 11 is 0. The van der Waals surface area contributed by atoms with Gasteiger partial charge < -0.3 is 10.1 Å². The first-order chi connectivity index (χ1) is 15.4. The van der Waals surface area contributed by atoms with Crippen LogP contribution in [-0.4, -0.2) is 18.9 Å². The van der Waals surface area contributed by atoms with Crippen LogP contribution in [0.5, 0.6) is 5.75 Å². The molecule has 1 saturated heterocycles. The number of hydrogen-bond acceptors (Lipinski definition) is 3. The van der Waals surface area contributed by atoms with Crippen LogP contribution in [0.3, 0.4) is 0 Å². The lowest BCUT2D eigenvalue weighted by Gasteiger charge is -2.50. The zero-order valence-corrected chi connectivity index (χ0v) is 18.9. The lowest BCUT2D eigenvalue weighted by atomic mass is 9.75. The number of para-hydroxylation sites is 1. The summed E-state index contributed by atoms with van der Waals surface area (Å²) in [6.07, 6.45) is 0.109. The Hall–Kier alpha value is -3.60. The van der Waals surface area contributed by atoms with Gasteiger partial charge in [0.1, 0.15) is 5.75 Å². The maximum atomic E-state index is 13.8. The van der Waals surface area contributed by atoms with E-state index in [1.807, 2.05) is 67.6 Å². The van der Waals surface area contributed by atoms with Gasteiger partial charge in [0, 0.05) is 11.4 Å². The fraction of sp³-hybridized carbons (Fsp3) is 0.259. The molecule has 0 saturated carbocycles. The zero-order valence-electron chi connectivity index (χ0n) is 18.9. The van der Waals surface area contributed by atoms with Crippen molar-refractivity contribution >= 4 is 23.2 Å². The molecule has 2 amide bonds. The fourth-order valence-corrected chi connectivity index (χ4v) is 4.22. The molecule has 3 aromatic rings. The van der Waals surface area contributed by atoms with Gasteiger partial charge in [0.05, 0.1) is 13.5 Å². The lowest BCUT2D eigenvalue weighted by Crippen LogP contribution is -2.67. The van der Waals surface area contributed by atoms with Gasteiger partial charge in [-0.2, -0.15) is 0 Å². The maximum absolute atomic E-state index is 13.8. The van der Waals surface area contributed by atoms with E-state index >= 15 is 0 Å². The molecule has 1 fully saturated rings. The van der Waals surface area contributed by atoms with Crippen LogP contribution in [0.15, 0.2) is 72.8 Å². The fourth-order valence-electron chi connectivity index (χ4n) is 4.22. The average Bonchev–Trinajstić information content (AvgIpc) is 2.79. The standard InChI is InChI=1S/C27H28N2O3/c1-18(2)20-9-11-21(12-10-20)27(26(31)28-24-8-6-5-7-19(24)3)17-25(30)29(27)22-13-15-23(32-4)16-14-22/h5-16,18H,17H2,1-4H3,(H,28,31). The van der Waals surface area contributed by atoms with Gasteiger partial charge in [0.2, 0.25) is 5.91 Å². The number of anilines is 2. The molecule has 32 heavy (non-hydrogen) atoms. The Labute approximate surface area is 189 Å². The minimum atomic E-state index is -1.12. The number of carbonyl (C=O) groups excluding carboxylic acids is 2. The Kier molecular flexibility index (Phi) is 5.74. The number of hydrogen-bond donors (Lipinski definition) is 1. The second-order valence-electron chi connectivity index (χ2n) is 8.51. The molecule has 5 nitrogen and oxygen atoms in total. The highest BCUT2D eigenvalue weighted by molar-refractivity contribution is 6.17. The molecule has 1 aliphatic rings. The van der Waals surface area contributed by atoms with Crippen molar-refractivity contribution in [3.63, 3.8) is 0 Å². The monoisotopic (exact) mass is 428 g/mol. The predicted molar refractivity (Wildman–Crippen MR) is 127 cm³/mol. The lowest BCUT2D eigenvalue weighted by molar-refractivity contribution is -0.137. The van der Waals surface area contributed by atoms with Gasteiger partial charge in [0.15, 0.2) is 5.54 Å². The van der Waals surface area contributed by atoms with Gasteiger partial charge in [-0.25, -0.2) is 0 Å². The summed E-state index contributed by atoms with van der Waals surface area (Å²) in [6, 6.07) is 22.9. The van der Waals surface area contributed by atoms with Crippen molar-refractivity contribution in [3.05, 3.63) is 89.5 Å². The number of benzene rings is 3. The number of β-lactam (4-membered cyclic amide) rings is 1. The van der Waals surface area contributed by atoms with E-state index in [0.717, 1.165) is 16.8 Å². The van der Waals surface area contributed by atoms with E-state index in [0.29, 0.717) is 17.4 Å². The molecule has 0 radical (unpaired) electrons. The third kappa shape index (κ3) is 3.64. The van der Waals surface area contributed by atoms with Crippen LogP contribution < -0.4 is 15.0 Å². The summed E-state index contributed by atoms with van der Waals surface area (Å²) in [6.45, 7) is 6.21. The van der Waals surface area contributed by atoms with Crippen LogP contribution in [0, 0.1) is 6.92 Å². The average molecular weight is 429 g/mol. The number of carbonyl (C=O) groups is 2. The highest BCUT2D eigenvalue weighted by atomic mass is 16.5. The smallest absolute Gasteiger partial charge is 0.255 e. The molecule has 164 valence electrons. The minimum Gasteiger partial charge on any atom is -0.497 e. The molecule has 1 heterocycles. The van der Waals surface area contributed by atoms with E-state index in [9.17, 15) is 9.59 Å². The first kappa shape index (κ1) is 21.6. The van der Waals surface area contributed by atoms with Crippen molar-refractivity contribution in [2.45, 2.75) is 38.6 Å². The number of ether oxygens (including phenoxy) is 1. The van der Waals surface area contributed by atoms with Crippen molar-refractivity contribution in [1.29, 1.82) is 0 Å². The van der Waals surface area contributed by atoms with E-state index in [-0.39, 0.29) is 18.2 Å². The summed E-state index contributed by atoms with van der Waals surface area (Å²) < 4.78 is 5.26. The molecule has 3 aromatic carbocycles. The van der Waals surface area contributed by atoms with Gasteiger partial charge >= 0.3 is 0 Å². The number of aryl methyl sites for hydroxylation is 1. The summed E-state index contributed by atoms with van der Waals surface area (Å²) in [7, 11) is 1.60. The van der Waals surface area contributed by atoms with E-state index in [1.54, 1.807) is 24.1 Å². The molecule has 1 atom stereocenters. The molecule has 0 aromatic heterocycles. The molecular weight excluding hydrogens is 400 g/mol. The normalized spacial score (nSPS) is 17.8. The van der Waals surface area contributed by atoms with E-state index in [1.165, 1.54) is 5.56 Å². The van der Waals surface area contributed by atoms with Gasteiger partial charge in [-0.05, 0) is 59.9 Å². The van der Waals surface area contributed by atoms with Crippen molar-refractivity contribution in [2.75, 3.05) is 17.3 Å². The van der Waals surface area contributed by atoms with Gasteiger partial charge in [-0.3, -0.25) is 14.5 Å². The molecular formula is C27H28N2O3. The molecule has 0 spiro atoms. The first-order valence-corrected chi connectivity index (χ1v) is 10.8. The van der Waals surface area contributed by atoms with Crippen LogP contribution in [0.2, 0.25) is 0 Å². The summed E-state index contributed by atoms with van der Waals surface area (Å²) in [5, 5.41) is 3.07. The van der Waals surface area contributed by atoms with Gasteiger partial charge in [-0.15, -0.1) is 0 Å². The Balaban J connectivity index is 1.79. The van der Waals surface area contributed by atoms with Gasteiger partial charge in [0.25, 0.3) is 5.91 Å². The van der Waals surface area contributed by atoms with E-state index in [4.69, 9.17) is 4.74 Å². The van der Waals surface area contributed by atoms with Crippen molar-refractivity contribution in [2.24, 2.45) is 0 Å². The Morgan fingerprint density at radius 2 is 1.66 bits per heavy atom. The highest BCUT2D eigenvalue weighted by Gasteiger charge is 2.58. The minimum absolute atomic E-state index is 0.0944. The Bertz CT molecular complexity index is 1140. The largest absolute Gasteiger partial charge is 0.497 e. The summed E-state index contributed by atoms with van der Waals surface area (Å²) in [4.78, 5) is 28.3. The number of nitrogens with zero attached hydrogens (tertiary/aromatic N) is 1. The molecule has 1 unspecified atom stereocenters. The second-order valence-corrected chi connectivity index (χ2v) is 8.51. The second kappa shape index (κ2) is 8.50. The predicted octanol–water partition coefficient (Wildman–Crippen LogP) is 5.40. The van der Waals surface area contributed by atoms with E-state index < -0.39 is 5.54 Å². The third-order valence-corrected chi connectivity index (χ3v) is 6.19. The molecule has 0 bridgehead atoms. The highest BCUT2D eigenvalue weighted by Crippen LogP contribution is 2.46. The van der Waals surface area contributed by atoms with Crippen LogP contribution in [-0.2, 0) is 15.1 Å². The van der Waals surface area contributed by atoms with Crippen LogP contribution in [0.25, 0.3) is 0 Å².